The summed E-state index contributed by atoms with van der Waals surface area (Å²) in [4.78, 5) is 4.89. The maximum absolute atomic E-state index is 13.0. The number of hydrogen-bond donors (Lipinski definition) is 1. The molecule has 1 aromatic carbocycles. The summed E-state index contributed by atoms with van der Waals surface area (Å²) in [6, 6.07) is 6.54. The van der Waals surface area contributed by atoms with Crippen LogP contribution in [0, 0.1) is 17.7 Å². The van der Waals surface area contributed by atoms with E-state index in [0.29, 0.717) is 11.8 Å². The summed E-state index contributed by atoms with van der Waals surface area (Å²) < 4.78 is 18.8. The highest BCUT2D eigenvalue weighted by atomic mass is 19.1. The fourth-order valence-corrected chi connectivity index (χ4v) is 4.28. The number of morpholine rings is 1. The highest BCUT2D eigenvalue weighted by Crippen LogP contribution is 2.25. The lowest BCUT2D eigenvalue weighted by molar-refractivity contribution is -0.0727. The SMILES string of the molecule is C[C@@H]1CN(C[C@H]2CN(C/C=C/c3ccc(F)cc3)C[C@H]2CO)C[C@H](C)O1. The molecule has 1 N–H and O–H groups in total. The molecule has 0 bridgehead atoms. The Labute approximate surface area is 156 Å². The summed E-state index contributed by atoms with van der Waals surface area (Å²) in [6.45, 7) is 10.3. The van der Waals surface area contributed by atoms with Crippen molar-refractivity contribution in [3.8, 4) is 0 Å². The van der Waals surface area contributed by atoms with Gasteiger partial charge in [-0.2, -0.15) is 0 Å². The van der Waals surface area contributed by atoms with Crippen LogP contribution in [0.25, 0.3) is 6.08 Å². The van der Waals surface area contributed by atoms with E-state index in [0.717, 1.165) is 44.8 Å². The first kappa shape index (κ1) is 19.5. The topological polar surface area (TPSA) is 35.9 Å². The van der Waals surface area contributed by atoms with Gasteiger partial charge in [0, 0.05) is 45.9 Å². The van der Waals surface area contributed by atoms with Crippen LogP contribution in [0.15, 0.2) is 30.3 Å². The Morgan fingerprint density at radius 3 is 2.35 bits per heavy atom. The molecule has 26 heavy (non-hydrogen) atoms. The van der Waals surface area contributed by atoms with Gasteiger partial charge in [0.2, 0.25) is 0 Å². The van der Waals surface area contributed by atoms with Crippen LogP contribution in [-0.2, 0) is 4.74 Å². The second kappa shape index (κ2) is 9.09. The second-order valence-corrected chi connectivity index (χ2v) is 7.85. The molecular formula is C21H31FN2O2. The standard InChI is InChI=1S/C21H31FN2O2/c1-16-10-24(11-17(2)26-16)13-19-12-23(14-20(19)15-25)9-3-4-18-5-7-21(22)8-6-18/h3-8,16-17,19-20,25H,9-15H2,1-2H3/b4-3+/t16-,17+,19-,20+/m1/s1. The zero-order chi connectivity index (χ0) is 18.5. The molecule has 5 heteroatoms. The van der Waals surface area contributed by atoms with Crippen LogP contribution in [0.2, 0.25) is 0 Å². The monoisotopic (exact) mass is 362 g/mol. The van der Waals surface area contributed by atoms with Crippen LogP contribution < -0.4 is 0 Å². The predicted molar refractivity (Wildman–Crippen MR) is 102 cm³/mol. The van der Waals surface area contributed by atoms with Gasteiger partial charge in [-0.3, -0.25) is 9.80 Å². The third kappa shape index (κ3) is 5.36. The molecule has 2 aliphatic heterocycles. The van der Waals surface area contributed by atoms with Crippen molar-refractivity contribution in [1.29, 1.82) is 0 Å². The maximum Gasteiger partial charge on any atom is 0.123 e. The molecule has 0 spiro atoms. The van der Waals surface area contributed by atoms with Crippen molar-refractivity contribution in [2.75, 3.05) is 45.9 Å². The third-order valence-corrected chi connectivity index (χ3v) is 5.42. The third-order valence-electron chi connectivity index (χ3n) is 5.42. The lowest BCUT2D eigenvalue weighted by atomic mass is 9.96. The van der Waals surface area contributed by atoms with Crippen LogP contribution in [0.4, 0.5) is 4.39 Å². The predicted octanol–water partition coefficient (Wildman–Crippen LogP) is 2.49. The van der Waals surface area contributed by atoms with Crippen LogP contribution in [0.3, 0.4) is 0 Å². The Hall–Kier alpha value is -1.27. The Balaban J connectivity index is 1.50. The van der Waals surface area contributed by atoms with Gasteiger partial charge in [-0.1, -0.05) is 24.3 Å². The molecular weight excluding hydrogens is 331 g/mol. The van der Waals surface area contributed by atoms with Crippen molar-refractivity contribution in [2.45, 2.75) is 26.1 Å². The van der Waals surface area contributed by atoms with Crippen molar-refractivity contribution in [1.82, 2.24) is 9.80 Å². The first-order chi connectivity index (χ1) is 12.5. The van der Waals surface area contributed by atoms with E-state index >= 15 is 0 Å². The number of hydrogen-bond acceptors (Lipinski definition) is 4. The average Bonchev–Trinajstić information content (AvgIpc) is 2.97. The van der Waals surface area contributed by atoms with Gasteiger partial charge in [0.05, 0.1) is 12.2 Å². The molecule has 0 amide bonds. The largest absolute Gasteiger partial charge is 0.396 e. The number of likely N-dealkylation sites (tertiary alicyclic amines) is 1. The van der Waals surface area contributed by atoms with E-state index in [1.54, 1.807) is 12.1 Å². The number of aliphatic hydroxyl groups excluding tert-OH is 1. The molecule has 2 heterocycles. The van der Waals surface area contributed by atoms with Crippen molar-refractivity contribution in [3.63, 3.8) is 0 Å². The second-order valence-electron chi connectivity index (χ2n) is 7.85. The van der Waals surface area contributed by atoms with E-state index < -0.39 is 0 Å². The first-order valence-electron chi connectivity index (χ1n) is 9.66. The van der Waals surface area contributed by atoms with E-state index in [-0.39, 0.29) is 24.6 Å². The van der Waals surface area contributed by atoms with Crippen molar-refractivity contribution in [2.24, 2.45) is 11.8 Å². The molecule has 1 aromatic rings. The van der Waals surface area contributed by atoms with Gasteiger partial charge >= 0.3 is 0 Å². The van der Waals surface area contributed by atoms with Gasteiger partial charge in [-0.15, -0.1) is 0 Å². The van der Waals surface area contributed by atoms with Crippen LogP contribution in [0.1, 0.15) is 19.4 Å². The fraction of sp³-hybridized carbons (Fsp3) is 0.619. The Morgan fingerprint density at radius 1 is 1.04 bits per heavy atom. The molecule has 2 fully saturated rings. The van der Waals surface area contributed by atoms with Gasteiger partial charge in [-0.05, 0) is 43.4 Å². The summed E-state index contributed by atoms with van der Waals surface area (Å²) in [5.74, 6) is 0.626. The zero-order valence-corrected chi connectivity index (χ0v) is 15.9. The lowest BCUT2D eigenvalue weighted by Crippen LogP contribution is -2.48. The minimum Gasteiger partial charge on any atom is -0.396 e. The molecule has 144 valence electrons. The van der Waals surface area contributed by atoms with Crippen LogP contribution in [0.5, 0.6) is 0 Å². The molecule has 0 radical (unpaired) electrons. The summed E-state index contributed by atoms with van der Waals surface area (Å²) in [5.41, 5.74) is 1.01. The average molecular weight is 362 g/mol. The number of nitrogens with zero attached hydrogens (tertiary/aromatic N) is 2. The van der Waals surface area contributed by atoms with Gasteiger partial charge < -0.3 is 9.84 Å². The molecule has 0 aliphatic carbocycles. The van der Waals surface area contributed by atoms with Gasteiger partial charge in [0.15, 0.2) is 0 Å². The highest BCUT2D eigenvalue weighted by molar-refractivity contribution is 5.48. The number of benzene rings is 1. The molecule has 2 saturated heterocycles. The highest BCUT2D eigenvalue weighted by Gasteiger charge is 2.34. The molecule has 0 unspecified atom stereocenters. The van der Waals surface area contributed by atoms with Gasteiger partial charge in [0.1, 0.15) is 5.82 Å². The molecule has 4 nitrogen and oxygen atoms in total. The lowest BCUT2D eigenvalue weighted by Gasteiger charge is -2.37. The normalized spacial score (nSPS) is 31.1. The summed E-state index contributed by atoms with van der Waals surface area (Å²) >= 11 is 0. The van der Waals surface area contributed by atoms with E-state index in [1.165, 1.54) is 12.1 Å². The van der Waals surface area contributed by atoms with Crippen molar-refractivity contribution < 1.29 is 14.2 Å². The number of aliphatic hydroxyl groups is 1. The smallest absolute Gasteiger partial charge is 0.123 e. The molecule has 4 atom stereocenters. The fourth-order valence-electron chi connectivity index (χ4n) is 4.28. The van der Waals surface area contributed by atoms with Gasteiger partial charge in [0.25, 0.3) is 0 Å². The molecule has 3 rings (SSSR count). The van der Waals surface area contributed by atoms with Crippen LogP contribution >= 0.6 is 0 Å². The van der Waals surface area contributed by atoms with E-state index in [1.807, 2.05) is 6.08 Å². The minimum atomic E-state index is -0.206. The number of halogens is 1. The molecule has 2 aliphatic rings. The van der Waals surface area contributed by atoms with E-state index in [2.05, 4.69) is 29.7 Å². The van der Waals surface area contributed by atoms with Crippen LogP contribution in [-0.4, -0.2) is 73.0 Å². The Kier molecular flexibility index (Phi) is 6.81. The summed E-state index contributed by atoms with van der Waals surface area (Å²) in [5, 5.41) is 9.79. The van der Waals surface area contributed by atoms with E-state index in [9.17, 15) is 9.50 Å². The van der Waals surface area contributed by atoms with Crippen molar-refractivity contribution >= 4 is 6.08 Å². The summed E-state index contributed by atoms with van der Waals surface area (Å²) in [6.07, 6.45) is 4.72. The molecule has 0 aromatic heterocycles. The minimum absolute atomic E-state index is 0.206. The molecule has 0 saturated carbocycles. The van der Waals surface area contributed by atoms with Crippen molar-refractivity contribution in [3.05, 3.63) is 41.7 Å². The number of ether oxygens (including phenoxy) is 1. The Morgan fingerprint density at radius 2 is 1.69 bits per heavy atom. The van der Waals surface area contributed by atoms with E-state index in [4.69, 9.17) is 4.74 Å². The zero-order valence-electron chi connectivity index (χ0n) is 15.9. The van der Waals surface area contributed by atoms with Gasteiger partial charge in [-0.25, -0.2) is 4.39 Å². The first-order valence-corrected chi connectivity index (χ1v) is 9.66. The summed E-state index contributed by atoms with van der Waals surface area (Å²) in [7, 11) is 0. The number of rotatable bonds is 6. The quantitative estimate of drug-likeness (QED) is 0.843. The Bertz CT molecular complexity index is 582. The maximum atomic E-state index is 13.0.